The van der Waals surface area contributed by atoms with E-state index in [-0.39, 0.29) is 0 Å². The van der Waals surface area contributed by atoms with Crippen LogP contribution in [0.15, 0.2) is 55.3 Å². The van der Waals surface area contributed by atoms with Gasteiger partial charge in [0.1, 0.15) is 6.10 Å². The van der Waals surface area contributed by atoms with E-state index < -0.39 is 12.3 Å². The molecule has 3 nitrogen and oxygen atoms in total. The first kappa shape index (κ1) is 11.5. The Hall–Kier alpha value is -2.55. The maximum absolute atomic E-state index is 11.4. The van der Waals surface area contributed by atoms with Crippen molar-refractivity contribution in [3.63, 3.8) is 0 Å². The second kappa shape index (κ2) is 4.61. The summed E-state index contributed by atoms with van der Waals surface area (Å²) in [4.78, 5) is 11.4. The Balaban J connectivity index is 2.04. The zero-order chi connectivity index (χ0) is 13.2. The molecule has 0 heterocycles. The van der Waals surface area contributed by atoms with Gasteiger partial charge in [-0.2, -0.15) is 0 Å². The van der Waals surface area contributed by atoms with E-state index in [0.717, 1.165) is 28.2 Å². The summed E-state index contributed by atoms with van der Waals surface area (Å²) in [6.45, 7) is 3.33. The van der Waals surface area contributed by atoms with Crippen LogP contribution in [0.3, 0.4) is 0 Å². The van der Waals surface area contributed by atoms with E-state index in [1.165, 1.54) is 0 Å². The van der Waals surface area contributed by atoms with Crippen molar-refractivity contribution in [2.24, 2.45) is 0 Å². The quantitative estimate of drug-likeness (QED) is 0.593. The highest BCUT2D eigenvalue weighted by atomic mass is 16.7. The monoisotopic (exact) mass is 252 g/mol. The number of rotatable bonds is 2. The van der Waals surface area contributed by atoms with Crippen molar-refractivity contribution in [3.05, 3.63) is 66.4 Å². The van der Waals surface area contributed by atoms with Gasteiger partial charge in [-0.1, -0.05) is 49.1 Å². The lowest BCUT2D eigenvalue weighted by Crippen LogP contribution is -2.11. The molecular weight excluding hydrogens is 240 g/mol. The molecule has 0 spiro atoms. The van der Waals surface area contributed by atoms with Crippen LogP contribution in [0.2, 0.25) is 0 Å². The molecule has 1 aliphatic rings. The molecule has 0 N–H and O–H groups in total. The normalized spacial score (nSPS) is 16.1. The number of hydrogen-bond acceptors (Lipinski definition) is 3. The van der Waals surface area contributed by atoms with Crippen LogP contribution < -0.4 is 0 Å². The van der Waals surface area contributed by atoms with E-state index in [1.54, 1.807) is 0 Å². The molecule has 2 aromatic carbocycles. The molecule has 0 radical (unpaired) electrons. The molecule has 0 saturated carbocycles. The summed E-state index contributed by atoms with van der Waals surface area (Å²) < 4.78 is 9.86. The van der Waals surface area contributed by atoms with E-state index in [4.69, 9.17) is 4.74 Å². The smallest absolute Gasteiger partial charge is 0.421 e. The van der Waals surface area contributed by atoms with Gasteiger partial charge in [0.05, 0.1) is 6.26 Å². The van der Waals surface area contributed by atoms with Gasteiger partial charge in [-0.05, 0) is 22.4 Å². The van der Waals surface area contributed by atoms with Crippen LogP contribution in [-0.4, -0.2) is 6.16 Å². The Bertz CT molecular complexity index is 680. The van der Waals surface area contributed by atoms with Gasteiger partial charge in [0.25, 0.3) is 0 Å². The lowest BCUT2D eigenvalue weighted by molar-refractivity contribution is 0.0637. The van der Waals surface area contributed by atoms with E-state index in [1.807, 2.05) is 48.6 Å². The summed E-state index contributed by atoms with van der Waals surface area (Å²) in [6.07, 6.45) is 3.69. The maximum atomic E-state index is 11.4. The maximum Gasteiger partial charge on any atom is 0.514 e. The highest BCUT2D eigenvalue weighted by molar-refractivity contribution is 5.95. The third-order valence-electron chi connectivity index (χ3n) is 3.13. The minimum atomic E-state index is -0.749. The molecule has 0 saturated heterocycles. The third kappa shape index (κ3) is 1.99. The van der Waals surface area contributed by atoms with Crippen LogP contribution in [0.25, 0.3) is 16.8 Å². The van der Waals surface area contributed by atoms with Crippen LogP contribution in [0.1, 0.15) is 17.2 Å². The number of hydrogen-bond donors (Lipinski definition) is 0. The van der Waals surface area contributed by atoms with Gasteiger partial charge >= 0.3 is 6.16 Å². The predicted octanol–water partition coefficient (Wildman–Crippen LogP) is 4.20. The fraction of sp³-hybridized carbons (Fsp3) is 0.0625. The number of carbonyl (C=O) groups excluding carboxylic acids is 1. The number of benzene rings is 2. The molecule has 1 atom stereocenters. The minimum Gasteiger partial charge on any atom is -0.421 e. The summed E-state index contributed by atoms with van der Waals surface area (Å²) in [5, 5.41) is 2.24. The zero-order valence-corrected chi connectivity index (χ0v) is 10.2. The second-order valence-corrected chi connectivity index (χ2v) is 4.22. The molecule has 2 aromatic rings. The predicted molar refractivity (Wildman–Crippen MR) is 73.5 cm³/mol. The van der Waals surface area contributed by atoms with Crippen LogP contribution in [0, 0.1) is 0 Å². The molecule has 1 unspecified atom stereocenters. The Morgan fingerprint density at radius 1 is 1.21 bits per heavy atom. The van der Waals surface area contributed by atoms with Gasteiger partial charge < -0.3 is 9.47 Å². The summed E-state index contributed by atoms with van der Waals surface area (Å²) >= 11 is 0. The Labute approximate surface area is 110 Å². The third-order valence-corrected chi connectivity index (χ3v) is 3.13. The Morgan fingerprint density at radius 2 is 2.00 bits per heavy atom. The summed E-state index contributed by atoms with van der Waals surface area (Å²) in [5.74, 6) is 0. The molecule has 0 fully saturated rings. The molecular formula is C16H12O3. The van der Waals surface area contributed by atoms with Gasteiger partial charge in [-0.15, -0.1) is 0 Å². The van der Waals surface area contributed by atoms with Gasteiger partial charge in [0.2, 0.25) is 0 Å². The molecule has 3 heteroatoms. The summed E-state index contributed by atoms with van der Waals surface area (Å²) in [6, 6.07) is 12.1. The topological polar surface area (TPSA) is 35.5 Å². The fourth-order valence-electron chi connectivity index (χ4n) is 2.37. The van der Waals surface area contributed by atoms with Crippen molar-refractivity contribution in [1.29, 1.82) is 0 Å². The second-order valence-electron chi connectivity index (χ2n) is 4.22. The lowest BCUT2D eigenvalue weighted by atomic mass is 9.91. The first-order valence-electron chi connectivity index (χ1n) is 5.97. The van der Waals surface area contributed by atoms with Crippen molar-refractivity contribution in [3.8, 4) is 0 Å². The SMILES string of the molecule is C=COC(=O)OC1C=Cc2cccc3cccc1c23. The molecule has 3 rings (SSSR count). The minimum absolute atomic E-state index is 0.425. The van der Waals surface area contributed by atoms with Crippen molar-refractivity contribution in [2.45, 2.75) is 6.10 Å². The van der Waals surface area contributed by atoms with Crippen molar-refractivity contribution < 1.29 is 14.3 Å². The molecule has 0 aromatic heterocycles. The van der Waals surface area contributed by atoms with Gasteiger partial charge in [-0.3, -0.25) is 0 Å². The van der Waals surface area contributed by atoms with E-state index in [0.29, 0.717) is 0 Å². The molecule has 1 aliphatic carbocycles. The molecule has 94 valence electrons. The molecule has 0 bridgehead atoms. The molecule has 19 heavy (non-hydrogen) atoms. The van der Waals surface area contributed by atoms with Crippen LogP contribution in [0.4, 0.5) is 4.79 Å². The average Bonchev–Trinajstić information content (AvgIpc) is 2.43. The number of ether oxygens (including phenoxy) is 2. The first-order valence-corrected chi connectivity index (χ1v) is 5.97. The highest BCUT2D eigenvalue weighted by Crippen LogP contribution is 2.35. The van der Waals surface area contributed by atoms with Crippen molar-refractivity contribution >= 4 is 23.0 Å². The summed E-state index contributed by atoms with van der Waals surface area (Å²) in [5.41, 5.74) is 2.10. The van der Waals surface area contributed by atoms with Crippen molar-refractivity contribution in [1.82, 2.24) is 0 Å². The van der Waals surface area contributed by atoms with Crippen LogP contribution in [-0.2, 0) is 9.47 Å². The molecule has 0 amide bonds. The van der Waals surface area contributed by atoms with Crippen LogP contribution in [0.5, 0.6) is 0 Å². The van der Waals surface area contributed by atoms with Crippen molar-refractivity contribution in [2.75, 3.05) is 0 Å². The summed E-state index contributed by atoms with van der Waals surface area (Å²) in [7, 11) is 0. The zero-order valence-electron chi connectivity index (χ0n) is 10.2. The first-order chi connectivity index (χ1) is 9.29. The van der Waals surface area contributed by atoms with Gasteiger partial charge in [-0.25, -0.2) is 4.79 Å². The largest absolute Gasteiger partial charge is 0.514 e. The van der Waals surface area contributed by atoms with E-state index in [9.17, 15) is 4.79 Å². The highest BCUT2D eigenvalue weighted by Gasteiger charge is 2.21. The van der Waals surface area contributed by atoms with Crippen LogP contribution >= 0.6 is 0 Å². The standard InChI is InChI=1S/C16H12O3/c1-2-18-16(17)19-14-10-9-12-6-3-5-11-7-4-8-13(14)15(11)12/h2-10,14H,1H2. The molecule has 0 aliphatic heterocycles. The average molecular weight is 252 g/mol. The van der Waals surface area contributed by atoms with E-state index >= 15 is 0 Å². The van der Waals surface area contributed by atoms with E-state index in [2.05, 4.69) is 11.3 Å². The Kier molecular flexibility index (Phi) is 2.80. The van der Waals surface area contributed by atoms with Gasteiger partial charge in [0.15, 0.2) is 0 Å². The number of carbonyl (C=O) groups is 1. The van der Waals surface area contributed by atoms with Gasteiger partial charge in [0, 0.05) is 5.56 Å². The lowest BCUT2D eigenvalue weighted by Gasteiger charge is -2.20. The Morgan fingerprint density at radius 3 is 2.79 bits per heavy atom. The fourth-order valence-corrected chi connectivity index (χ4v) is 2.37.